The summed E-state index contributed by atoms with van der Waals surface area (Å²) in [5.41, 5.74) is 0. The highest BCUT2D eigenvalue weighted by Gasteiger charge is 2.23. The molecule has 1 saturated heterocycles. The Morgan fingerprint density at radius 1 is 1.30 bits per heavy atom. The van der Waals surface area contributed by atoms with Gasteiger partial charge in [0.15, 0.2) is 0 Å². The van der Waals surface area contributed by atoms with Crippen molar-refractivity contribution in [3.8, 4) is 0 Å². The molecule has 106 valence electrons. The summed E-state index contributed by atoms with van der Waals surface area (Å²) in [6, 6.07) is 6.66. The number of carbonyl (C=O) groups is 1. The zero-order valence-electron chi connectivity index (χ0n) is 11.4. The van der Waals surface area contributed by atoms with Crippen LogP contribution < -0.4 is 0 Å². The minimum absolute atomic E-state index is 0.0290. The molecule has 2 aromatic rings. The van der Waals surface area contributed by atoms with E-state index in [9.17, 15) is 9.18 Å². The van der Waals surface area contributed by atoms with Crippen LogP contribution in [0.5, 0.6) is 0 Å². The predicted octanol–water partition coefficient (Wildman–Crippen LogP) is 2.82. The van der Waals surface area contributed by atoms with Crippen molar-refractivity contribution >= 4 is 27.3 Å². The smallest absolute Gasteiger partial charge is 0.264 e. The van der Waals surface area contributed by atoms with E-state index in [-0.39, 0.29) is 11.7 Å². The summed E-state index contributed by atoms with van der Waals surface area (Å²) in [6.45, 7) is 6.50. The third-order valence-electron chi connectivity index (χ3n) is 3.83. The van der Waals surface area contributed by atoms with Crippen molar-refractivity contribution in [2.24, 2.45) is 0 Å². The van der Waals surface area contributed by atoms with Gasteiger partial charge in [-0.1, -0.05) is 13.0 Å². The van der Waals surface area contributed by atoms with E-state index in [0.717, 1.165) is 37.4 Å². The number of amides is 1. The molecule has 0 unspecified atom stereocenters. The number of benzene rings is 1. The molecule has 1 aliphatic heterocycles. The number of likely N-dealkylation sites (N-methyl/N-ethyl adjacent to an activating group) is 1. The first-order valence-electron chi connectivity index (χ1n) is 6.88. The summed E-state index contributed by atoms with van der Waals surface area (Å²) in [5.74, 6) is -0.227. The normalized spacial score (nSPS) is 16.8. The first kappa shape index (κ1) is 13.5. The van der Waals surface area contributed by atoms with Gasteiger partial charge in [0.05, 0.1) is 4.88 Å². The molecule has 2 heterocycles. The molecule has 0 atom stereocenters. The van der Waals surface area contributed by atoms with E-state index in [1.165, 1.54) is 17.4 Å². The van der Waals surface area contributed by atoms with E-state index in [0.29, 0.717) is 10.3 Å². The van der Waals surface area contributed by atoms with Crippen LogP contribution in [0.15, 0.2) is 24.3 Å². The van der Waals surface area contributed by atoms with Crippen LogP contribution in [-0.2, 0) is 0 Å². The fraction of sp³-hybridized carbons (Fsp3) is 0.400. The molecule has 1 aromatic heterocycles. The number of hydrogen-bond donors (Lipinski definition) is 0. The van der Waals surface area contributed by atoms with Crippen LogP contribution in [0.4, 0.5) is 4.39 Å². The molecular formula is C15H17FN2OS. The maximum absolute atomic E-state index is 13.7. The Balaban J connectivity index is 1.81. The highest BCUT2D eigenvalue weighted by Crippen LogP contribution is 2.28. The number of piperazine rings is 1. The number of carbonyl (C=O) groups excluding carboxylic acids is 1. The molecule has 0 N–H and O–H groups in total. The topological polar surface area (TPSA) is 23.6 Å². The van der Waals surface area contributed by atoms with E-state index >= 15 is 0 Å². The van der Waals surface area contributed by atoms with E-state index in [1.807, 2.05) is 11.0 Å². The standard InChI is InChI=1S/C15H17FN2OS/c1-2-17-6-8-18(9-7-17)15(19)14-10-11-12(16)4-3-5-13(11)20-14/h3-5,10H,2,6-9H2,1H3. The number of halogens is 1. The van der Waals surface area contributed by atoms with Crippen molar-refractivity contribution in [3.05, 3.63) is 35.0 Å². The fourth-order valence-electron chi connectivity index (χ4n) is 2.55. The molecule has 3 nitrogen and oxygen atoms in total. The molecule has 0 aliphatic carbocycles. The van der Waals surface area contributed by atoms with Crippen molar-refractivity contribution < 1.29 is 9.18 Å². The van der Waals surface area contributed by atoms with Crippen molar-refractivity contribution in [1.82, 2.24) is 9.80 Å². The zero-order chi connectivity index (χ0) is 14.1. The molecule has 0 spiro atoms. The van der Waals surface area contributed by atoms with Crippen molar-refractivity contribution in [2.75, 3.05) is 32.7 Å². The quantitative estimate of drug-likeness (QED) is 0.850. The van der Waals surface area contributed by atoms with Crippen LogP contribution in [0.1, 0.15) is 16.6 Å². The molecule has 1 aromatic carbocycles. The maximum atomic E-state index is 13.7. The van der Waals surface area contributed by atoms with Gasteiger partial charge in [-0.3, -0.25) is 4.79 Å². The molecule has 1 fully saturated rings. The molecule has 1 amide bonds. The summed E-state index contributed by atoms with van der Waals surface area (Å²) in [7, 11) is 0. The van der Waals surface area contributed by atoms with E-state index in [2.05, 4.69) is 11.8 Å². The summed E-state index contributed by atoms with van der Waals surface area (Å²) in [6.07, 6.45) is 0. The van der Waals surface area contributed by atoms with Crippen molar-refractivity contribution in [1.29, 1.82) is 0 Å². The van der Waals surface area contributed by atoms with Crippen LogP contribution in [0.2, 0.25) is 0 Å². The number of fused-ring (bicyclic) bond motifs is 1. The molecule has 5 heteroatoms. The van der Waals surface area contributed by atoms with Gasteiger partial charge >= 0.3 is 0 Å². The lowest BCUT2D eigenvalue weighted by atomic mass is 10.2. The van der Waals surface area contributed by atoms with Gasteiger partial charge in [-0.25, -0.2) is 4.39 Å². The van der Waals surface area contributed by atoms with Gasteiger partial charge in [0, 0.05) is 36.3 Å². The first-order valence-corrected chi connectivity index (χ1v) is 7.70. The van der Waals surface area contributed by atoms with E-state index < -0.39 is 0 Å². The largest absolute Gasteiger partial charge is 0.335 e. The monoisotopic (exact) mass is 292 g/mol. The van der Waals surface area contributed by atoms with Gasteiger partial charge in [-0.15, -0.1) is 11.3 Å². The highest BCUT2D eigenvalue weighted by atomic mass is 32.1. The summed E-state index contributed by atoms with van der Waals surface area (Å²) >= 11 is 1.37. The fourth-order valence-corrected chi connectivity index (χ4v) is 3.60. The molecule has 1 aliphatic rings. The Hall–Kier alpha value is -1.46. The van der Waals surface area contributed by atoms with Crippen molar-refractivity contribution in [3.63, 3.8) is 0 Å². The third kappa shape index (κ3) is 2.43. The Labute approximate surface area is 121 Å². The SMILES string of the molecule is CCN1CCN(C(=O)c2cc3c(F)cccc3s2)CC1. The van der Waals surface area contributed by atoms with Crippen LogP contribution in [0.25, 0.3) is 10.1 Å². The number of hydrogen-bond acceptors (Lipinski definition) is 3. The van der Waals surface area contributed by atoms with Gasteiger partial charge in [-0.2, -0.15) is 0 Å². The van der Waals surface area contributed by atoms with Gasteiger partial charge in [-0.05, 0) is 24.7 Å². The zero-order valence-corrected chi connectivity index (χ0v) is 12.3. The van der Waals surface area contributed by atoms with Crippen molar-refractivity contribution in [2.45, 2.75) is 6.92 Å². The third-order valence-corrected chi connectivity index (χ3v) is 4.91. The molecule has 0 bridgehead atoms. The number of thiophene rings is 1. The van der Waals surface area contributed by atoms with Crippen LogP contribution in [0.3, 0.4) is 0 Å². The van der Waals surface area contributed by atoms with Gasteiger partial charge in [0.25, 0.3) is 5.91 Å². The predicted molar refractivity (Wildman–Crippen MR) is 79.8 cm³/mol. The molecule has 20 heavy (non-hydrogen) atoms. The Bertz CT molecular complexity index is 632. The minimum Gasteiger partial charge on any atom is -0.335 e. The first-order chi connectivity index (χ1) is 9.69. The van der Waals surface area contributed by atoms with E-state index in [1.54, 1.807) is 12.1 Å². The Kier molecular flexibility index (Phi) is 3.72. The second-order valence-electron chi connectivity index (χ2n) is 4.99. The van der Waals surface area contributed by atoms with Gasteiger partial charge in [0.2, 0.25) is 0 Å². The lowest BCUT2D eigenvalue weighted by Gasteiger charge is -2.33. The molecule has 0 radical (unpaired) electrons. The lowest BCUT2D eigenvalue weighted by molar-refractivity contribution is 0.0648. The minimum atomic E-state index is -0.256. The average molecular weight is 292 g/mol. The average Bonchev–Trinajstić information content (AvgIpc) is 2.92. The van der Waals surface area contributed by atoms with Crippen LogP contribution >= 0.6 is 11.3 Å². The lowest BCUT2D eigenvalue weighted by Crippen LogP contribution is -2.48. The maximum Gasteiger partial charge on any atom is 0.264 e. The number of nitrogens with zero attached hydrogens (tertiary/aromatic N) is 2. The molecular weight excluding hydrogens is 275 g/mol. The van der Waals surface area contributed by atoms with Gasteiger partial charge in [0.1, 0.15) is 5.82 Å². The second kappa shape index (κ2) is 5.50. The molecule has 3 rings (SSSR count). The number of rotatable bonds is 2. The summed E-state index contributed by atoms with van der Waals surface area (Å²) < 4.78 is 14.5. The highest BCUT2D eigenvalue weighted by molar-refractivity contribution is 7.20. The van der Waals surface area contributed by atoms with Gasteiger partial charge < -0.3 is 9.80 Å². The Morgan fingerprint density at radius 2 is 2.05 bits per heavy atom. The summed E-state index contributed by atoms with van der Waals surface area (Å²) in [5, 5.41) is 0.549. The molecule has 0 saturated carbocycles. The van der Waals surface area contributed by atoms with E-state index in [4.69, 9.17) is 0 Å². The van der Waals surface area contributed by atoms with Crippen LogP contribution in [-0.4, -0.2) is 48.4 Å². The second-order valence-corrected chi connectivity index (χ2v) is 6.07. The summed E-state index contributed by atoms with van der Waals surface area (Å²) in [4.78, 5) is 17.3. The van der Waals surface area contributed by atoms with Crippen LogP contribution in [0, 0.1) is 5.82 Å². The Morgan fingerprint density at radius 3 is 2.70 bits per heavy atom.